The summed E-state index contributed by atoms with van der Waals surface area (Å²) in [7, 11) is 0. The second kappa shape index (κ2) is 7.84. The molecule has 0 saturated heterocycles. The first kappa shape index (κ1) is 17.8. The molecule has 1 N–H and O–H groups in total. The Morgan fingerprint density at radius 3 is 1.79 bits per heavy atom. The van der Waals surface area contributed by atoms with Gasteiger partial charge in [-0.1, -0.05) is 24.3 Å². The van der Waals surface area contributed by atoms with E-state index < -0.39 is 5.60 Å². The summed E-state index contributed by atoms with van der Waals surface area (Å²) in [6.45, 7) is 5.56. The van der Waals surface area contributed by atoms with E-state index in [0.717, 1.165) is 11.1 Å². The molecule has 2 aromatic carbocycles. The molecular formula is C19H22N2O3. The van der Waals surface area contributed by atoms with E-state index in [1.165, 1.54) is 0 Å². The zero-order valence-corrected chi connectivity index (χ0v) is 14.2. The number of carbonyl (C=O) groups excluding carboxylic acids is 1. The van der Waals surface area contributed by atoms with Gasteiger partial charge in [-0.3, -0.25) is 4.79 Å². The normalized spacial score (nSPS) is 11.7. The van der Waals surface area contributed by atoms with Gasteiger partial charge in [0.05, 0.1) is 24.4 Å². The first-order chi connectivity index (χ1) is 11.4. The van der Waals surface area contributed by atoms with E-state index in [2.05, 4.69) is 10.2 Å². The highest BCUT2D eigenvalue weighted by atomic mass is 16.6. The minimum atomic E-state index is -0.475. The number of rotatable bonds is 5. The standard InChI is InChI=1S/C19H22N2O3/c1-19(2,3)24-18(23)12-14-4-8-16(9-5-14)20-21-17-10-6-15(13-22)7-11-17/h4-11,22H,12-13H2,1-3H3. The van der Waals surface area contributed by atoms with Gasteiger partial charge in [0.15, 0.2) is 0 Å². The molecule has 126 valence electrons. The van der Waals surface area contributed by atoms with E-state index in [0.29, 0.717) is 11.4 Å². The van der Waals surface area contributed by atoms with Gasteiger partial charge in [0.2, 0.25) is 0 Å². The van der Waals surface area contributed by atoms with Gasteiger partial charge in [-0.2, -0.15) is 10.2 Å². The summed E-state index contributed by atoms with van der Waals surface area (Å²) in [5.74, 6) is -0.249. The summed E-state index contributed by atoms with van der Waals surface area (Å²) in [5, 5.41) is 17.3. The SMILES string of the molecule is CC(C)(C)OC(=O)Cc1ccc(N=Nc2ccc(CO)cc2)cc1. The van der Waals surface area contributed by atoms with Crippen LogP contribution in [0, 0.1) is 0 Å². The van der Waals surface area contributed by atoms with Gasteiger partial charge in [0.25, 0.3) is 0 Å². The zero-order valence-electron chi connectivity index (χ0n) is 14.2. The van der Waals surface area contributed by atoms with Crippen LogP contribution in [0.3, 0.4) is 0 Å². The second-order valence-corrected chi connectivity index (χ2v) is 6.45. The number of benzene rings is 2. The molecule has 0 fully saturated rings. The largest absolute Gasteiger partial charge is 0.460 e. The molecule has 0 saturated carbocycles. The highest BCUT2D eigenvalue weighted by Gasteiger charge is 2.16. The molecule has 5 heteroatoms. The lowest BCUT2D eigenvalue weighted by molar-refractivity contribution is -0.153. The van der Waals surface area contributed by atoms with E-state index in [-0.39, 0.29) is 19.0 Å². The smallest absolute Gasteiger partial charge is 0.310 e. The van der Waals surface area contributed by atoms with Crippen molar-refractivity contribution in [2.45, 2.75) is 39.4 Å². The zero-order chi connectivity index (χ0) is 17.6. The third-order valence-electron chi connectivity index (χ3n) is 3.10. The Hall–Kier alpha value is -2.53. The maximum absolute atomic E-state index is 11.8. The van der Waals surface area contributed by atoms with Gasteiger partial charge < -0.3 is 9.84 Å². The van der Waals surface area contributed by atoms with Crippen LogP contribution in [0.2, 0.25) is 0 Å². The van der Waals surface area contributed by atoms with E-state index in [1.807, 2.05) is 45.0 Å². The lowest BCUT2D eigenvalue weighted by Gasteiger charge is -2.19. The number of hydrogen-bond acceptors (Lipinski definition) is 5. The fraction of sp³-hybridized carbons (Fsp3) is 0.316. The van der Waals surface area contributed by atoms with Crippen molar-refractivity contribution in [2.75, 3.05) is 0 Å². The molecule has 0 spiro atoms. The van der Waals surface area contributed by atoms with E-state index >= 15 is 0 Å². The maximum Gasteiger partial charge on any atom is 0.310 e. The van der Waals surface area contributed by atoms with Crippen molar-refractivity contribution in [3.63, 3.8) is 0 Å². The Morgan fingerprint density at radius 2 is 1.38 bits per heavy atom. The highest BCUT2D eigenvalue weighted by molar-refractivity contribution is 5.73. The Kier molecular flexibility index (Phi) is 5.82. The average Bonchev–Trinajstić information content (AvgIpc) is 2.53. The minimum absolute atomic E-state index is 0.0104. The first-order valence-electron chi connectivity index (χ1n) is 7.78. The molecule has 2 aromatic rings. The van der Waals surface area contributed by atoms with E-state index in [4.69, 9.17) is 9.84 Å². The van der Waals surface area contributed by atoms with Crippen LogP contribution in [-0.4, -0.2) is 16.7 Å². The number of azo groups is 1. The molecule has 0 aliphatic heterocycles. The molecule has 0 aliphatic carbocycles. The van der Waals surface area contributed by atoms with Gasteiger partial charge in [-0.15, -0.1) is 0 Å². The summed E-state index contributed by atoms with van der Waals surface area (Å²) < 4.78 is 5.30. The quantitative estimate of drug-likeness (QED) is 0.650. The Balaban J connectivity index is 1.96. The fourth-order valence-electron chi connectivity index (χ4n) is 2.01. The van der Waals surface area contributed by atoms with E-state index in [9.17, 15) is 4.79 Å². The topological polar surface area (TPSA) is 71.2 Å². The Morgan fingerprint density at radius 1 is 0.917 bits per heavy atom. The van der Waals surface area contributed by atoms with Crippen molar-refractivity contribution < 1.29 is 14.6 Å². The maximum atomic E-state index is 11.8. The number of ether oxygens (including phenoxy) is 1. The van der Waals surface area contributed by atoms with Crippen molar-refractivity contribution in [1.82, 2.24) is 0 Å². The highest BCUT2D eigenvalue weighted by Crippen LogP contribution is 2.20. The van der Waals surface area contributed by atoms with Gasteiger partial charge in [-0.05, 0) is 56.2 Å². The van der Waals surface area contributed by atoms with Crippen LogP contribution in [0.15, 0.2) is 58.8 Å². The number of aliphatic hydroxyl groups excluding tert-OH is 1. The number of carbonyl (C=O) groups is 1. The first-order valence-corrected chi connectivity index (χ1v) is 7.78. The molecular weight excluding hydrogens is 304 g/mol. The number of nitrogens with zero attached hydrogens (tertiary/aromatic N) is 2. The summed E-state index contributed by atoms with van der Waals surface area (Å²) in [5.41, 5.74) is 2.65. The van der Waals surface area contributed by atoms with Gasteiger partial charge in [0.1, 0.15) is 5.60 Å². The number of esters is 1. The minimum Gasteiger partial charge on any atom is -0.460 e. The molecule has 24 heavy (non-hydrogen) atoms. The monoisotopic (exact) mass is 326 g/mol. The van der Waals surface area contributed by atoms with Crippen LogP contribution in [-0.2, 0) is 22.6 Å². The Labute approximate surface area is 142 Å². The molecule has 0 amide bonds. The molecule has 2 rings (SSSR count). The van der Waals surface area contributed by atoms with Crippen LogP contribution in [0.5, 0.6) is 0 Å². The van der Waals surface area contributed by atoms with Crippen LogP contribution in [0.25, 0.3) is 0 Å². The van der Waals surface area contributed by atoms with Crippen molar-refractivity contribution >= 4 is 17.3 Å². The molecule has 0 aliphatic rings. The van der Waals surface area contributed by atoms with Crippen LogP contribution in [0.1, 0.15) is 31.9 Å². The fourth-order valence-corrected chi connectivity index (χ4v) is 2.01. The summed E-state index contributed by atoms with van der Waals surface area (Å²) >= 11 is 0. The van der Waals surface area contributed by atoms with Crippen molar-refractivity contribution in [1.29, 1.82) is 0 Å². The molecule has 0 atom stereocenters. The van der Waals surface area contributed by atoms with Crippen molar-refractivity contribution in [3.05, 3.63) is 59.7 Å². The average molecular weight is 326 g/mol. The molecule has 0 heterocycles. The predicted octanol–water partition coefficient (Wildman–Crippen LogP) is 4.48. The molecule has 5 nitrogen and oxygen atoms in total. The van der Waals surface area contributed by atoms with Gasteiger partial charge in [0, 0.05) is 0 Å². The summed E-state index contributed by atoms with van der Waals surface area (Å²) in [4.78, 5) is 11.8. The number of aliphatic hydroxyl groups is 1. The molecule has 0 radical (unpaired) electrons. The molecule has 0 bridgehead atoms. The van der Waals surface area contributed by atoms with Gasteiger partial charge in [-0.25, -0.2) is 0 Å². The summed E-state index contributed by atoms with van der Waals surface area (Å²) in [6, 6.07) is 14.5. The second-order valence-electron chi connectivity index (χ2n) is 6.45. The molecule has 0 unspecified atom stereocenters. The van der Waals surface area contributed by atoms with Crippen molar-refractivity contribution in [2.24, 2.45) is 10.2 Å². The van der Waals surface area contributed by atoms with Crippen molar-refractivity contribution in [3.8, 4) is 0 Å². The predicted molar refractivity (Wildman–Crippen MR) is 92.5 cm³/mol. The summed E-state index contributed by atoms with van der Waals surface area (Å²) in [6.07, 6.45) is 0.233. The number of hydrogen-bond donors (Lipinski definition) is 1. The Bertz CT molecular complexity index is 699. The van der Waals surface area contributed by atoms with Crippen LogP contribution < -0.4 is 0 Å². The van der Waals surface area contributed by atoms with Crippen LogP contribution >= 0.6 is 0 Å². The molecule has 0 aromatic heterocycles. The lowest BCUT2D eigenvalue weighted by Crippen LogP contribution is -2.24. The third kappa shape index (κ3) is 5.93. The lowest BCUT2D eigenvalue weighted by atomic mass is 10.1. The van der Waals surface area contributed by atoms with Gasteiger partial charge >= 0.3 is 5.97 Å². The van der Waals surface area contributed by atoms with E-state index in [1.54, 1.807) is 24.3 Å². The van der Waals surface area contributed by atoms with Crippen LogP contribution in [0.4, 0.5) is 11.4 Å². The third-order valence-corrected chi connectivity index (χ3v) is 3.10.